The summed E-state index contributed by atoms with van der Waals surface area (Å²) in [6, 6.07) is 20.5. The maximum absolute atomic E-state index is 13.0. The van der Waals surface area contributed by atoms with Crippen molar-refractivity contribution in [3.05, 3.63) is 101 Å². The normalized spacial score (nSPS) is 12.4. The third-order valence-corrected chi connectivity index (χ3v) is 5.18. The summed E-state index contributed by atoms with van der Waals surface area (Å²) < 4.78 is 49.8. The molecule has 0 saturated carbocycles. The molecule has 0 aliphatic heterocycles. The average Bonchev–Trinajstić information content (AvgIpc) is 2.86. The molecule has 0 spiro atoms. The van der Waals surface area contributed by atoms with Crippen LogP contribution in [-0.2, 0) is 17.6 Å². The second-order valence-electron chi connectivity index (χ2n) is 7.66. The SMILES string of the molecule is COc1ccc(/C=C(\C#N)C(=O)N[C@@H](C)c2ccccc2)cc1COc1cccc(C(F)(F)F)c1. The largest absolute Gasteiger partial charge is 0.496 e. The predicted molar refractivity (Wildman–Crippen MR) is 125 cm³/mol. The zero-order valence-electron chi connectivity index (χ0n) is 19.1. The molecule has 0 heterocycles. The molecule has 8 heteroatoms. The number of rotatable bonds is 8. The van der Waals surface area contributed by atoms with Crippen molar-refractivity contribution in [3.63, 3.8) is 0 Å². The number of benzene rings is 3. The minimum Gasteiger partial charge on any atom is -0.496 e. The van der Waals surface area contributed by atoms with Gasteiger partial charge in [-0.15, -0.1) is 0 Å². The quantitative estimate of drug-likeness (QED) is 0.313. The zero-order valence-corrected chi connectivity index (χ0v) is 19.1. The summed E-state index contributed by atoms with van der Waals surface area (Å²) in [5.74, 6) is -0.0222. The number of amides is 1. The summed E-state index contributed by atoms with van der Waals surface area (Å²) in [5, 5.41) is 12.3. The Morgan fingerprint density at radius 3 is 2.49 bits per heavy atom. The standard InChI is InChI=1S/C27H23F3N2O3/c1-18(20-7-4-3-5-8-20)32-26(33)21(16-31)13-19-11-12-25(34-2)22(14-19)17-35-24-10-6-9-23(15-24)27(28,29)30/h3-15,18H,17H2,1-2H3,(H,32,33)/b21-13+/t18-/m0/s1. The van der Waals surface area contributed by atoms with Gasteiger partial charge in [0.25, 0.3) is 5.91 Å². The van der Waals surface area contributed by atoms with E-state index in [2.05, 4.69) is 5.32 Å². The minimum absolute atomic E-state index is 0.0508. The summed E-state index contributed by atoms with van der Waals surface area (Å²) in [7, 11) is 1.46. The van der Waals surface area contributed by atoms with E-state index in [0.717, 1.165) is 17.7 Å². The van der Waals surface area contributed by atoms with Gasteiger partial charge < -0.3 is 14.8 Å². The molecule has 0 saturated heterocycles. The zero-order chi connectivity index (χ0) is 25.4. The van der Waals surface area contributed by atoms with Crippen molar-refractivity contribution in [2.24, 2.45) is 0 Å². The van der Waals surface area contributed by atoms with Gasteiger partial charge in [-0.05, 0) is 54.5 Å². The fourth-order valence-corrected chi connectivity index (χ4v) is 3.34. The number of alkyl halides is 3. The van der Waals surface area contributed by atoms with Gasteiger partial charge in [-0.2, -0.15) is 18.4 Å². The van der Waals surface area contributed by atoms with E-state index >= 15 is 0 Å². The molecule has 1 atom stereocenters. The van der Waals surface area contributed by atoms with Gasteiger partial charge in [0.1, 0.15) is 29.7 Å². The van der Waals surface area contributed by atoms with Crippen LogP contribution >= 0.6 is 0 Å². The van der Waals surface area contributed by atoms with Crippen molar-refractivity contribution >= 4 is 12.0 Å². The molecule has 0 aliphatic rings. The van der Waals surface area contributed by atoms with E-state index in [9.17, 15) is 23.2 Å². The third-order valence-electron chi connectivity index (χ3n) is 5.18. The molecule has 1 N–H and O–H groups in total. The number of nitrogens with zero attached hydrogens (tertiary/aromatic N) is 1. The van der Waals surface area contributed by atoms with E-state index in [1.54, 1.807) is 18.2 Å². The highest BCUT2D eigenvalue weighted by molar-refractivity contribution is 6.01. The van der Waals surface area contributed by atoms with E-state index in [0.29, 0.717) is 16.9 Å². The Morgan fingerprint density at radius 1 is 1.09 bits per heavy atom. The summed E-state index contributed by atoms with van der Waals surface area (Å²) in [6.07, 6.45) is -3.05. The van der Waals surface area contributed by atoms with Gasteiger partial charge >= 0.3 is 6.18 Å². The van der Waals surface area contributed by atoms with Crippen LogP contribution in [0.15, 0.2) is 78.4 Å². The summed E-state index contributed by atoms with van der Waals surface area (Å²) in [4.78, 5) is 12.7. The van der Waals surface area contributed by atoms with E-state index in [4.69, 9.17) is 9.47 Å². The van der Waals surface area contributed by atoms with Crippen LogP contribution in [-0.4, -0.2) is 13.0 Å². The van der Waals surface area contributed by atoms with Gasteiger partial charge in [-0.25, -0.2) is 0 Å². The monoisotopic (exact) mass is 480 g/mol. The third kappa shape index (κ3) is 6.87. The van der Waals surface area contributed by atoms with Gasteiger partial charge in [0.2, 0.25) is 0 Å². The van der Waals surface area contributed by atoms with Crippen LogP contribution in [0.4, 0.5) is 13.2 Å². The van der Waals surface area contributed by atoms with Crippen molar-refractivity contribution in [3.8, 4) is 17.6 Å². The summed E-state index contributed by atoms with van der Waals surface area (Å²) in [5.41, 5.74) is 1.06. The number of carbonyl (C=O) groups is 1. The number of halogens is 3. The van der Waals surface area contributed by atoms with Crippen molar-refractivity contribution in [2.45, 2.75) is 25.7 Å². The summed E-state index contributed by atoms with van der Waals surface area (Å²) in [6.45, 7) is 1.74. The highest BCUT2D eigenvalue weighted by Crippen LogP contribution is 2.32. The lowest BCUT2D eigenvalue weighted by atomic mass is 10.1. The molecule has 0 aromatic heterocycles. The molecule has 0 radical (unpaired) electrons. The smallest absolute Gasteiger partial charge is 0.416 e. The van der Waals surface area contributed by atoms with Gasteiger partial charge in [0.15, 0.2) is 0 Å². The number of methoxy groups -OCH3 is 1. The molecule has 0 unspecified atom stereocenters. The lowest BCUT2D eigenvalue weighted by Crippen LogP contribution is -2.27. The van der Waals surface area contributed by atoms with Crippen LogP contribution in [0.5, 0.6) is 11.5 Å². The topological polar surface area (TPSA) is 71.3 Å². The van der Waals surface area contributed by atoms with E-state index in [1.165, 1.54) is 25.3 Å². The van der Waals surface area contributed by atoms with E-state index in [-0.39, 0.29) is 24.0 Å². The van der Waals surface area contributed by atoms with Gasteiger partial charge in [0.05, 0.1) is 18.7 Å². The lowest BCUT2D eigenvalue weighted by molar-refractivity contribution is -0.137. The molecule has 3 aromatic rings. The Balaban J connectivity index is 1.78. The number of hydrogen-bond acceptors (Lipinski definition) is 4. The van der Waals surface area contributed by atoms with E-state index < -0.39 is 17.6 Å². The van der Waals surface area contributed by atoms with Crippen LogP contribution < -0.4 is 14.8 Å². The first-order valence-electron chi connectivity index (χ1n) is 10.7. The molecule has 0 fully saturated rings. The number of nitrogens with one attached hydrogen (secondary N) is 1. The van der Waals surface area contributed by atoms with Crippen LogP contribution in [0, 0.1) is 11.3 Å². The number of hydrogen-bond donors (Lipinski definition) is 1. The highest BCUT2D eigenvalue weighted by atomic mass is 19.4. The maximum Gasteiger partial charge on any atom is 0.416 e. The van der Waals surface area contributed by atoms with Gasteiger partial charge in [0, 0.05) is 5.56 Å². The Hall–Kier alpha value is -4.25. The fourth-order valence-electron chi connectivity index (χ4n) is 3.34. The molecular formula is C27H23F3N2O3. The van der Waals surface area contributed by atoms with E-state index in [1.807, 2.05) is 43.3 Å². The predicted octanol–water partition coefficient (Wildman–Crippen LogP) is 6.08. The Bertz CT molecular complexity index is 1250. The Kier molecular flexibility index (Phi) is 8.16. The molecule has 1 amide bonds. The molecule has 0 bridgehead atoms. The van der Waals surface area contributed by atoms with Crippen molar-refractivity contribution in [1.29, 1.82) is 5.26 Å². The first-order valence-corrected chi connectivity index (χ1v) is 10.7. The fraction of sp³-hybridized carbons (Fsp3) is 0.185. The van der Waals surface area contributed by atoms with Crippen LogP contribution in [0.25, 0.3) is 6.08 Å². The van der Waals surface area contributed by atoms with Crippen molar-refractivity contribution in [1.82, 2.24) is 5.32 Å². The van der Waals surface area contributed by atoms with Crippen molar-refractivity contribution in [2.75, 3.05) is 7.11 Å². The number of ether oxygens (including phenoxy) is 2. The van der Waals surface area contributed by atoms with Gasteiger partial charge in [-0.3, -0.25) is 4.79 Å². The lowest BCUT2D eigenvalue weighted by Gasteiger charge is -2.14. The van der Waals surface area contributed by atoms with Crippen LogP contribution in [0.1, 0.15) is 35.2 Å². The molecule has 3 rings (SSSR count). The van der Waals surface area contributed by atoms with Gasteiger partial charge in [-0.1, -0.05) is 42.5 Å². The molecule has 35 heavy (non-hydrogen) atoms. The Labute approximate surface area is 201 Å². The average molecular weight is 480 g/mol. The maximum atomic E-state index is 13.0. The van der Waals surface area contributed by atoms with Crippen molar-refractivity contribution < 1.29 is 27.4 Å². The molecule has 180 valence electrons. The first-order chi connectivity index (χ1) is 16.7. The molecule has 3 aromatic carbocycles. The molecular weight excluding hydrogens is 457 g/mol. The highest BCUT2D eigenvalue weighted by Gasteiger charge is 2.30. The second kappa shape index (κ2) is 11.3. The van der Waals surface area contributed by atoms with Crippen LogP contribution in [0.3, 0.4) is 0 Å². The second-order valence-corrected chi connectivity index (χ2v) is 7.66. The number of carbonyl (C=O) groups excluding carboxylic acids is 1. The minimum atomic E-state index is -4.48. The Morgan fingerprint density at radius 2 is 1.83 bits per heavy atom. The van der Waals surface area contributed by atoms with Crippen LogP contribution in [0.2, 0.25) is 0 Å². The molecule has 5 nitrogen and oxygen atoms in total. The molecule has 0 aliphatic carbocycles. The first kappa shape index (κ1) is 25.4. The number of nitriles is 1. The summed E-state index contributed by atoms with van der Waals surface area (Å²) >= 11 is 0.